The number of fused-ring (bicyclic) bond motifs is 1. The van der Waals surface area contributed by atoms with Gasteiger partial charge in [0, 0.05) is 11.4 Å². The third-order valence-electron chi connectivity index (χ3n) is 4.62. The molecule has 1 aliphatic rings. The molecule has 0 fully saturated rings. The predicted molar refractivity (Wildman–Crippen MR) is 114 cm³/mol. The highest BCUT2D eigenvalue weighted by Gasteiger charge is 2.16. The zero-order chi connectivity index (χ0) is 21.6. The largest absolute Gasteiger partial charge is 0.486 e. The van der Waals surface area contributed by atoms with Crippen molar-refractivity contribution >= 4 is 23.2 Å². The Bertz CT molecular complexity index is 1080. The number of carbonyl (C=O) groups is 2. The normalized spacial score (nSPS) is 12.3. The van der Waals surface area contributed by atoms with Crippen molar-refractivity contribution in [2.24, 2.45) is 0 Å². The van der Waals surface area contributed by atoms with Crippen LogP contribution >= 0.6 is 11.3 Å². The molecule has 3 aromatic rings. The van der Waals surface area contributed by atoms with Crippen molar-refractivity contribution in [2.75, 3.05) is 26.4 Å². The van der Waals surface area contributed by atoms with Gasteiger partial charge in [-0.15, -0.1) is 11.3 Å². The Hall–Kier alpha value is -3.39. The molecule has 4 rings (SSSR count). The smallest absolute Gasteiger partial charge is 0.348 e. The highest BCUT2D eigenvalue weighted by molar-refractivity contribution is 7.17. The Labute approximate surface area is 182 Å². The summed E-state index contributed by atoms with van der Waals surface area (Å²) in [6.45, 7) is 1.04. The van der Waals surface area contributed by atoms with Gasteiger partial charge in [0.15, 0.2) is 18.1 Å². The standard InChI is InChI=1S/C23H20FNO5S/c24-17-4-1-15(2-5-17)9-10-25-22(26)14-30-23(27)21-8-7-20(31-21)16-3-6-18-19(13-16)29-12-11-28-18/h1-8,13H,9-12,14H2,(H,25,26). The van der Waals surface area contributed by atoms with Crippen LogP contribution in [0.2, 0.25) is 0 Å². The molecule has 0 bridgehead atoms. The maximum Gasteiger partial charge on any atom is 0.348 e. The first-order chi connectivity index (χ1) is 15.1. The van der Waals surface area contributed by atoms with Crippen LogP contribution in [0, 0.1) is 5.82 Å². The third-order valence-corrected chi connectivity index (χ3v) is 5.73. The number of halogens is 1. The molecular formula is C23H20FNO5S. The van der Waals surface area contributed by atoms with Gasteiger partial charge in [0.25, 0.3) is 5.91 Å². The number of hydrogen-bond donors (Lipinski definition) is 1. The van der Waals surface area contributed by atoms with Gasteiger partial charge >= 0.3 is 5.97 Å². The molecule has 0 saturated carbocycles. The monoisotopic (exact) mass is 441 g/mol. The zero-order valence-corrected chi connectivity index (χ0v) is 17.4. The van der Waals surface area contributed by atoms with Crippen molar-refractivity contribution in [1.29, 1.82) is 0 Å². The fourth-order valence-electron chi connectivity index (χ4n) is 3.05. The summed E-state index contributed by atoms with van der Waals surface area (Å²) in [7, 11) is 0. The molecule has 0 spiro atoms. The lowest BCUT2D eigenvalue weighted by Crippen LogP contribution is -2.30. The summed E-state index contributed by atoms with van der Waals surface area (Å²) in [5.41, 5.74) is 1.82. The van der Waals surface area contributed by atoms with E-state index in [-0.39, 0.29) is 18.3 Å². The summed E-state index contributed by atoms with van der Waals surface area (Å²) >= 11 is 1.28. The van der Waals surface area contributed by atoms with Gasteiger partial charge in [-0.3, -0.25) is 4.79 Å². The fourth-order valence-corrected chi connectivity index (χ4v) is 3.95. The molecule has 0 saturated heterocycles. The number of ether oxygens (including phenoxy) is 3. The van der Waals surface area contributed by atoms with Gasteiger partial charge in [-0.1, -0.05) is 12.1 Å². The van der Waals surface area contributed by atoms with Crippen LogP contribution < -0.4 is 14.8 Å². The zero-order valence-electron chi connectivity index (χ0n) is 16.6. The summed E-state index contributed by atoms with van der Waals surface area (Å²) < 4.78 is 29.1. The van der Waals surface area contributed by atoms with E-state index in [0.717, 1.165) is 16.0 Å². The molecule has 2 aromatic carbocycles. The van der Waals surface area contributed by atoms with Gasteiger partial charge in [-0.2, -0.15) is 0 Å². The molecule has 2 heterocycles. The predicted octanol–water partition coefficient (Wildman–Crippen LogP) is 3.84. The second kappa shape index (κ2) is 9.61. The highest BCUT2D eigenvalue weighted by Crippen LogP contribution is 2.37. The van der Waals surface area contributed by atoms with Crippen LogP contribution in [0.25, 0.3) is 10.4 Å². The summed E-state index contributed by atoms with van der Waals surface area (Å²) in [6, 6.07) is 15.2. The number of carbonyl (C=O) groups excluding carboxylic acids is 2. The van der Waals surface area contributed by atoms with E-state index in [2.05, 4.69) is 5.32 Å². The Kier molecular flexibility index (Phi) is 6.47. The Morgan fingerprint density at radius 2 is 1.77 bits per heavy atom. The second-order valence-electron chi connectivity index (χ2n) is 6.82. The van der Waals surface area contributed by atoms with E-state index in [1.54, 1.807) is 18.2 Å². The van der Waals surface area contributed by atoms with Crippen LogP contribution in [-0.2, 0) is 16.0 Å². The number of esters is 1. The third kappa shape index (κ3) is 5.40. The Balaban J connectivity index is 1.26. The molecule has 0 unspecified atom stereocenters. The van der Waals surface area contributed by atoms with E-state index in [1.807, 2.05) is 24.3 Å². The minimum absolute atomic E-state index is 0.301. The van der Waals surface area contributed by atoms with Gasteiger partial charge in [-0.05, 0) is 60.0 Å². The van der Waals surface area contributed by atoms with Crippen molar-refractivity contribution in [3.8, 4) is 21.9 Å². The van der Waals surface area contributed by atoms with Gasteiger partial charge in [-0.25, -0.2) is 9.18 Å². The molecule has 0 aliphatic carbocycles. The van der Waals surface area contributed by atoms with Crippen LogP contribution in [0.15, 0.2) is 54.6 Å². The molecule has 31 heavy (non-hydrogen) atoms. The lowest BCUT2D eigenvalue weighted by molar-refractivity contribution is -0.124. The van der Waals surface area contributed by atoms with Crippen LogP contribution in [0.1, 0.15) is 15.2 Å². The SMILES string of the molecule is O=C(COC(=O)c1ccc(-c2ccc3c(c2)OCCO3)s1)NCCc1ccc(F)cc1. The number of benzene rings is 2. The van der Waals surface area contributed by atoms with Gasteiger partial charge in [0.05, 0.1) is 0 Å². The summed E-state index contributed by atoms with van der Waals surface area (Å²) in [5.74, 6) is 0.141. The van der Waals surface area contributed by atoms with E-state index < -0.39 is 5.97 Å². The molecule has 1 aliphatic heterocycles. The van der Waals surface area contributed by atoms with E-state index >= 15 is 0 Å². The van der Waals surface area contributed by atoms with E-state index in [9.17, 15) is 14.0 Å². The quantitative estimate of drug-likeness (QED) is 0.564. The second-order valence-corrected chi connectivity index (χ2v) is 7.91. The summed E-state index contributed by atoms with van der Waals surface area (Å²) in [4.78, 5) is 25.5. The van der Waals surface area contributed by atoms with Gasteiger partial charge < -0.3 is 19.5 Å². The van der Waals surface area contributed by atoms with Crippen LogP contribution in [-0.4, -0.2) is 38.2 Å². The lowest BCUT2D eigenvalue weighted by Gasteiger charge is -2.18. The van der Waals surface area contributed by atoms with Crippen molar-refractivity contribution in [1.82, 2.24) is 5.32 Å². The maximum absolute atomic E-state index is 12.9. The summed E-state index contributed by atoms with van der Waals surface area (Å²) in [6.07, 6.45) is 0.559. The number of rotatable bonds is 7. The lowest BCUT2D eigenvalue weighted by atomic mass is 10.1. The van der Waals surface area contributed by atoms with Crippen LogP contribution in [0.3, 0.4) is 0 Å². The van der Waals surface area contributed by atoms with E-state index in [4.69, 9.17) is 14.2 Å². The highest BCUT2D eigenvalue weighted by atomic mass is 32.1. The van der Waals surface area contributed by atoms with Crippen molar-refractivity contribution in [3.63, 3.8) is 0 Å². The fraction of sp³-hybridized carbons (Fsp3) is 0.217. The average molecular weight is 441 g/mol. The van der Waals surface area contributed by atoms with E-state index in [0.29, 0.717) is 42.6 Å². The molecule has 1 N–H and O–H groups in total. The van der Waals surface area contributed by atoms with E-state index in [1.165, 1.54) is 23.5 Å². The van der Waals surface area contributed by atoms with Crippen molar-refractivity contribution in [3.05, 3.63) is 70.9 Å². The Morgan fingerprint density at radius 1 is 1.00 bits per heavy atom. The maximum atomic E-state index is 12.9. The molecule has 0 atom stereocenters. The molecule has 6 nitrogen and oxygen atoms in total. The first-order valence-electron chi connectivity index (χ1n) is 9.76. The molecule has 1 aromatic heterocycles. The first kappa shape index (κ1) is 20.9. The average Bonchev–Trinajstić information content (AvgIpc) is 3.29. The molecule has 1 amide bonds. The summed E-state index contributed by atoms with van der Waals surface area (Å²) in [5, 5.41) is 2.68. The number of amides is 1. The molecule has 160 valence electrons. The molecule has 0 radical (unpaired) electrons. The Morgan fingerprint density at radius 3 is 2.58 bits per heavy atom. The molecule has 8 heteroatoms. The number of nitrogens with one attached hydrogen (secondary N) is 1. The topological polar surface area (TPSA) is 73.9 Å². The number of thiophene rings is 1. The minimum Gasteiger partial charge on any atom is -0.486 e. The molecular weight excluding hydrogens is 421 g/mol. The van der Waals surface area contributed by atoms with Crippen molar-refractivity contribution < 1.29 is 28.2 Å². The van der Waals surface area contributed by atoms with Gasteiger partial charge in [0.2, 0.25) is 0 Å². The number of hydrogen-bond acceptors (Lipinski definition) is 6. The van der Waals surface area contributed by atoms with Crippen LogP contribution in [0.4, 0.5) is 4.39 Å². The van der Waals surface area contributed by atoms with Crippen LogP contribution in [0.5, 0.6) is 11.5 Å². The van der Waals surface area contributed by atoms with Gasteiger partial charge in [0.1, 0.15) is 23.9 Å². The minimum atomic E-state index is -0.553. The van der Waals surface area contributed by atoms with Crippen molar-refractivity contribution in [2.45, 2.75) is 6.42 Å². The first-order valence-corrected chi connectivity index (χ1v) is 10.6.